The van der Waals surface area contributed by atoms with Gasteiger partial charge in [0.1, 0.15) is 12.1 Å². The number of hydrogen-bond acceptors (Lipinski definition) is 5. The van der Waals surface area contributed by atoms with Crippen LogP contribution in [0.5, 0.6) is 5.88 Å². The summed E-state index contributed by atoms with van der Waals surface area (Å²) < 4.78 is 7.22. The molecule has 0 saturated heterocycles. The van der Waals surface area contributed by atoms with E-state index in [9.17, 15) is 0 Å². The second-order valence-corrected chi connectivity index (χ2v) is 3.97. The summed E-state index contributed by atoms with van der Waals surface area (Å²) in [5.74, 6) is 1.35. The molecule has 2 heterocycles. The molecule has 0 unspecified atom stereocenters. The van der Waals surface area contributed by atoms with Gasteiger partial charge in [-0.1, -0.05) is 6.92 Å². The first-order chi connectivity index (χ1) is 8.78. The zero-order chi connectivity index (χ0) is 12.8. The minimum Gasteiger partial charge on any atom is -0.478 e. The normalized spacial score (nSPS) is 10.3. The predicted octanol–water partition coefficient (Wildman–Crippen LogP) is 1.61. The first-order valence-electron chi connectivity index (χ1n) is 5.94. The number of hydrogen-bond donors (Lipinski definition) is 1. The Balaban J connectivity index is 1.92. The van der Waals surface area contributed by atoms with Crippen molar-refractivity contribution in [2.45, 2.75) is 19.9 Å². The number of rotatable bonds is 6. The van der Waals surface area contributed by atoms with E-state index in [2.05, 4.69) is 27.3 Å². The van der Waals surface area contributed by atoms with Gasteiger partial charge in [0.2, 0.25) is 5.88 Å². The summed E-state index contributed by atoms with van der Waals surface area (Å²) in [6, 6.07) is 1.80. The lowest BCUT2D eigenvalue weighted by Crippen LogP contribution is -2.03. The molecule has 0 spiro atoms. The smallest absolute Gasteiger partial charge is 0.218 e. The highest BCUT2D eigenvalue weighted by Crippen LogP contribution is 2.12. The molecule has 0 radical (unpaired) electrons. The van der Waals surface area contributed by atoms with Crippen molar-refractivity contribution in [1.29, 1.82) is 0 Å². The minimum absolute atomic E-state index is 0.598. The number of aromatic nitrogens is 4. The Hall–Kier alpha value is -2.11. The lowest BCUT2D eigenvalue weighted by molar-refractivity contribution is 0.305. The Labute approximate surface area is 106 Å². The topological polar surface area (TPSA) is 64.9 Å². The molecule has 0 atom stereocenters. The summed E-state index contributed by atoms with van der Waals surface area (Å²) in [5, 5.41) is 7.31. The van der Waals surface area contributed by atoms with Crippen LogP contribution >= 0.6 is 0 Å². The Morgan fingerprint density at radius 2 is 2.28 bits per heavy atom. The van der Waals surface area contributed by atoms with Crippen molar-refractivity contribution in [3.05, 3.63) is 30.4 Å². The highest BCUT2D eigenvalue weighted by molar-refractivity contribution is 5.37. The summed E-state index contributed by atoms with van der Waals surface area (Å²) >= 11 is 0. The van der Waals surface area contributed by atoms with Gasteiger partial charge in [-0.05, 0) is 6.42 Å². The van der Waals surface area contributed by atoms with Gasteiger partial charge in [-0.15, -0.1) is 0 Å². The maximum absolute atomic E-state index is 5.44. The molecule has 0 bridgehead atoms. The van der Waals surface area contributed by atoms with Crippen molar-refractivity contribution in [3.63, 3.8) is 0 Å². The van der Waals surface area contributed by atoms with Gasteiger partial charge in [0.25, 0.3) is 0 Å². The zero-order valence-corrected chi connectivity index (χ0v) is 10.6. The molecule has 0 amide bonds. The van der Waals surface area contributed by atoms with Crippen molar-refractivity contribution in [2.75, 3.05) is 11.9 Å². The molecule has 0 aromatic carbocycles. The number of nitrogens with one attached hydrogen (secondary N) is 1. The second kappa shape index (κ2) is 6.00. The predicted molar refractivity (Wildman–Crippen MR) is 68.4 cm³/mol. The van der Waals surface area contributed by atoms with Crippen LogP contribution in [0.4, 0.5) is 5.82 Å². The van der Waals surface area contributed by atoms with E-state index in [1.807, 2.05) is 19.4 Å². The van der Waals surface area contributed by atoms with E-state index in [0.717, 1.165) is 17.8 Å². The minimum atomic E-state index is 0.598. The fourth-order valence-corrected chi connectivity index (χ4v) is 1.48. The third-order valence-corrected chi connectivity index (χ3v) is 2.33. The lowest BCUT2D eigenvalue weighted by Gasteiger charge is -2.06. The number of anilines is 1. The lowest BCUT2D eigenvalue weighted by atomic mass is 10.3. The van der Waals surface area contributed by atoms with Crippen LogP contribution in [0.1, 0.15) is 18.9 Å². The molecule has 2 aromatic rings. The van der Waals surface area contributed by atoms with Crippen molar-refractivity contribution in [3.8, 4) is 5.88 Å². The Morgan fingerprint density at radius 1 is 1.39 bits per heavy atom. The molecule has 96 valence electrons. The third-order valence-electron chi connectivity index (χ3n) is 2.33. The van der Waals surface area contributed by atoms with Crippen LogP contribution in [0.25, 0.3) is 0 Å². The van der Waals surface area contributed by atoms with E-state index in [0.29, 0.717) is 19.0 Å². The summed E-state index contributed by atoms with van der Waals surface area (Å²) in [7, 11) is 1.89. The first kappa shape index (κ1) is 12.3. The van der Waals surface area contributed by atoms with Gasteiger partial charge in [0, 0.05) is 31.4 Å². The largest absolute Gasteiger partial charge is 0.478 e. The van der Waals surface area contributed by atoms with Gasteiger partial charge < -0.3 is 10.1 Å². The van der Waals surface area contributed by atoms with Crippen LogP contribution in [0, 0.1) is 0 Å². The summed E-state index contributed by atoms with van der Waals surface area (Å²) in [6.45, 7) is 3.40. The second-order valence-electron chi connectivity index (χ2n) is 3.97. The molecule has 0 fully saturated rings. The molecular weight excluding hydrogens is 230 g/mol. The first-order valence-corrected chi connectivity index (χ1v) is 5.94. The molecule has 0 saturated carbocycles. The van der Waals surface area contributed by atoms with E-state index in [-0.39, 0.29) is 0 Å². The summed E-state index contributed by atoms with van der Waals surface area (Å²) in [6.07, 6.45) is 6.24. The molecule has 2 rings (SSSR count). The highest BCUT2D eigenvalue weighted by Gasteiger charge is 2.00. The monoisotopic (exact) mass is 247 g/mol. The van der Waals surface area contributed by atoms with Crippen molar-refractivity contribution in [2.24, 2.45) is 7.05 Å². The van der Waals surface area contributed by atoms with E-state index in [1.165, 1.54) is 6.33 Å². The van der Waals surface area contributed by atoms with Crippen molar-refractivity contribution in [1.82, 2.24) is 19.7 Å². The van der Waals surface area contributed by atoms with E-state index in [1.54, 1.807) is 10.7 Å². The maximum Gasteiger partial charge on any atom is 0.218 e. The SMILES string of the molecule is CCCOc1cc(NCc2cnn(C)c2)ncn1. The molecule has 6 nitrogen and oxygen atoms in total. The Morgan fingerprint density at radius 3 is 3.00 bits per heavy atom. The Kier molecular flexibility index (Phi) is 4.11. The number of aryl methyl sites for hydroxylation is 1. The van der Waals surface area contributed by atoms with Gasteiger partial charge in [0.05, 0.1) is 12.8 Å². The van der Waals surface area contributed by atoms with Crippen LogP contribution < -0.4 is 10.1 Å². The van der Waals surface area contributed by atoms with E-state index >= 15 is 0 Å². The van der Waals surface area contributed by atoms with Gasteiger partial charge in [-0.3, -0.25) is 4.68 Å². The summed E-state index contributed by atoms with van der Waals surface area (Å²) in [4.78, 5) is 8.19. The standard InChI is InChI=1S/C12H17N5O/c1-3-4-18-12-5-11(14-9-15-12)13-6-10-7-16-17(2)8-10/h5,7-9H,3-4,6H2,1-2H3,(H,13,14,15). The number of ether oxygens (including phenoxy) is 1. The fourth-order valence-electron chi connectivity index (χ4n) is 1.48. The molecular formula is C12H17N5O. The van der Waals surface area contributed by atoms with Gasteiger partial charge >= 0.3 is 0 Å². The average molecular weight is 247 g/mol. The quantitative estimate of drug-likeness (QED) is 0.840. The fraction of sp³-hybridized carbons (Fsp3) is 0.417. The van der Waals surface area contributed by atoms with Gasteiger partial charge in [-0.25, -0.2) is 9.97 Å². The van der Waals surface area contributed by atoms with Crippen LogP contribution in [0.2, 0.25) is 0 Å². The van der Waals surface area contributed by atoms with Crippen LogP contribution in [-0.4, -0.2) is 26.4 Å². The molecule has 2 aromatic heterocycles. The Bertz CT molecular complexity index is 497. The molecule has 18 heavy (non-hydrogen) atoms. The molecule has 6 heteroatoms. The number of nitrogens with zero attached hydrogens (tertiary/aromatic N) is 4. The van der Waals surface area contributed by atoms with Crippen LogP contribution in [0.3, 0.4) is 0 Å². The molecule has 0 aliphatic rings. The maximum atomic E-state index is 5.44. The van der Waals surface area contributed by atoms with Gasteiger partial charge in [-0.2, -0.15) is 5.10 Å². The van der Waals surface area contributed by atoms with E-state index < -0.39 is 0 Å². The molecule has 1 N–H and O–H groups in total. The van der Waals surface area contributed by atoms with Crippen LogP contribution in [-0.2, 0) is 13.6 Å². The zero-order valence-electron chi connectivity index (χ0n) is 10.6. The highest BCUT2D eigenvalue weighted by atomic mass is 16.5. The van der Waals surface area contributed by atoms with Gasteiger partial charge in [0.15, 0.2) is 0 Å². The van der Waals surface area contributed by atoms with E-state index in [4.69, 9.17) is 4.74 Å². The van der Waals surface area contributed by atoms with Crippen LogP contribution in [0.15, 0.2) is 24.8 Å². The third kappa shape index (κ3) is 3.44. The van der Waals surface area contributed by atoms with Crippen molar-refractivity contribution >= 4 is 5.82 Å². The molecule has 0 aliphatic heterocycles. The average Bonchev–Trinajstić information content (AvgIpc) is 2.80. The van der Waals surface area contributed by atoms with Crippen molar-refractivity contribution < 1.29 is 4.74 Å². The molecule has 0 aliphatic carbocycles. The summed E-state index contributed by atoms with van der Waals surface area (Å²) in [5.41, 5.74) is 1.10.